The Balaban J connectivity index is 1.61. The van der Waals surface area contributed by atoms with Gasteiger partial charge in [0.15, 0.2) is 0 Å². The van der Waals surface area contributed by atoms with Crippen LogP contribution < -0.4 is 15.9 Å². The molecule has 0 N–H and O–H groups in total. The first kappa shape index (κ1) is 25.1. The van der Waals surface area contributed by atoms with Crippen molar-refractivity contribution in [2.45, 2.75) is 6.16 Å². The fourth-order valence-corrected chi connectivity index (χ4v) is 12.7. The summed E-state index contributed by atoms with van der Waals surface area (Å²) in [6.07, 6.45) is 0.838. The van der Waals surface area contributed by atoms with E-state index in [0.29, 0.717) is 5.56 Å². The van der Waals surface area contributed by atoms with E-state index in [1.807, 2.05) is 12.1 Å². The third-order valence-corrected chi connectivity index (χ3v) is 16.5. The normalized spacial score (nSPS) is 12.3. The molecular formula is C33H28BrO2P. The quantitative estimate of drug-likeness (QED) is 0.151. The Hall–Kier alpha value is -3.52. The molecular weight excluding hydrogens is 539 g/mol. The van der Waals surface area contributed by atoms with Gasteiger partial charge in [0.25, 0.3) is 0 Å². The van der Waals surface area contributed by atoms with Gasteiger partial charge in [-0.25, -0.2) is 0 Å². The summed E-state index contributed by atoms with van der Waals surface area (Å²) in [5.74, 6) is -0.326. The van der Waals surface area contributed by atoms with Crippen LogP contribution in [0.3, 0.4) is 0 Å². The zero-order valence-corrected chi connectivity index (χ0v) is 23.1. The molecule has 0 aliphatic rings. The van der Waals surface area contributed by atoms with Crippen molar-refractivity contribution in [2.24, 2.45) is 0 Å². The standard InChI is InChI=1S/C33H28BrO2P/c1-36-33(35)29-23-21-28(22-24-29)27-19-17-26(18-20-27)25-37(34,30-11-5-2-6-12-30,31-13-7-3-8-14-31)32-15-9-4-10-16-32/h2-24H,25H2,1H3. The third kappa shape index (κ3) is 4.66. The molecule has 37 heavy (non-hydrogen) atoms. The fourth-order valence-electron chi connectivity index (χ4n) is 5.00. The monoisotopic (exact) mass is 566 g/mol. The Morgan fingerprint density at radius 1 is 0.595 bits per heavy atom. The molecule has 0 fully saturated rings. The van der Waals surface area contributed by atoms with E-state index in [9.17, 15) is 4.79 Å². The van der Waals surface area contributed by atoms with Crippen LogP contribution >= 0.6 is 20.8 Å². The second-order valence-electron chi connectivity index (χ2n) is 9.11. The van der Waals surface area contributed by atoms with E-state index < -0.39 is 5.31 Å². The van der Waals surface area contributed by atoms with Crippen molar-refractivity contribution in [1.29, 1.82) is 0 Å². The molecule has 0 saturated carbocycles. The number of methoxy groups -OCH3 is 1. The average molecular weight is 567 g/mol. The number of carbonyl (C=O) groups is 1. The molecule has 184 valence electrons. The van der Waals surface area contributed by atoms with Crippen molar-refractivity contribution >= 4 is 42.7 Å². The minimum absolute atomic E-state index is 0.326. The van der Waals surface area contributed by atoms with Gasteiger partial charge in [-0.2, -0.15) is 0 Å². The van der Waals surface area contributed by atoms with E-state index in [1.54, 1.807) is 12.1 Å². The van der Waals surface area contributed by atoms with E-state index in [1.165, 1.54) is 28.6 Å². The molecule has 2 nitrogen and oxygen atoms in total. The predicted molar refractivity (Wildman–Crippen MR) is 161 cm³/mol. The second-order valence-corrected chi connectivity index (χ2v) is 18.0. The van der Waals surface area contributed by atoms with Crippen molar-refractivity contribution in [3.05, 3.63) is 151 Å². The van der Waals surface area contributed by atoms with E-state index in [0.717, 1.165) is 17.3 Å². The molecule has 5 rings (SSSR count). The summed E-state index contributed by atoms with van der Waals surface area (Å²) in [6, 6.07) is 48.8. The van der Waals surface area contributed by atoms with Gasteiger partial charge >= 0.3 is 227 Å². The van der Waals surface area contributed by atoms with Gasteiger partial charge in [0.2, 0.25) is 0 Å². The van der Waals surface area contributed by atoms with Gasteiger partial charge in [-0.15, -0.1) is 0 Å². The van der Waals surface area contributed by atoms with Gasteiger partial charge < -0.3 is 0 Å². The van der Waals surface area contributed by atoms with Crippen molar-refractivity contribution in [2.75, 3.05) is 7.11 Å². The summed E-state index contributed by atoms with van der Waals surface area (Å²) >= 11 is 4.53. The van der Waals surface area contributed by atoms with E-state index in [2.05, 4.69) is 131 Å². The van der Waals surface area contributed by atoms with Gasteiger partial charge in [0.1, 0.15) is 0 Å². The maximum absolute atomic E-state index is 11.8. The Morgan fingerprint density at radius 2 is 0.973 bits per heavy atom. The average Bonchev–Trinajstić information content (AvgIpc) is 2.98. The topological polar surface area (TPSA) is 26.3 Å². The van der Waals surface area contributed by atoms with Crippen molar-refractivity contribution in [1.82, 2.24) is 0 Å². The molecule has 5 aromatic carbocycles. The van der Waals surface area contributed by atoms with Crippen LogP contribution in [0.2, 0.25) is 0 Å². The molecule has 0 aliphatic carbocycles. The number of carbonyl (C=O) groups excluding carboxylic acids is 1. The second kappa shape index (κ2) is 10.5. The molecule has 0 atom stereocenters. The zero-order valence-electron chi connectivity index (χ0n) is 20.6. The summed E-state index contributed by atoms with van der Waals surface area (Å²) in [5.41, 5.74) is 3.97. The molecule has 0 heterocycles. The number of esters is 1. The molecule has 0 spiro atoms. The predicted octanol–water partition coefficient (Wildman–Crippen LogP) is 7.48. The van der Waals surface area contributed by atoms with E-state index >= 15 is 0 Å². The first-order chi connectivity index (χ1) is 18.0. The van der Waals surface area contributed by atoms with Crippen molar-refractivity contribution < 1.29 is 9.53 Å². The van der Waals surface area contributed by atoms with Gasteiger partial charge in [0.05, 0.1) is 0 Å². The number of rotatable bonds is 7. The molecule has 0 radical (unpaired) electrons. The molecule has 0 unspecified atom stereocenters. The van der Waals surface area contributed by atoms with Crippen LogP contribution in [-0.4, -0.2) is 13.1 Å². The molecule has 4 heteroatoms. The van der Waals surface area contributed by atoms with E-state index in [4.69, 9.17) is 4.74 Å². The summed E-state index contributed by atoms with van der Waals surface area (Å²) in [6.45, 7) is 0. The Bertz CT molecular complexity index is 1380. The summed E-state index contributed by atoms with van der Waals surface area (Å²) in [4.78, 5) is 11.8. The number of hydrogen-bond donors (Lipinski definition) is 0. The number of hydrogen-bond acceptors (Lipinski definition) is 2. The Kier molecular flexibility index (Phi) is 7.11. The summed E-state index contributed by atoms with van der Waals surface area (Å²) in [7, 11) is 1.40. The van der Waals surface area contributed by atoms with Gasteiger partial charge in [0, 0.05) is 0 Å². The fraction of sp³-hybridized carbons (Fsp3) is 0.0606. The van der Waals surface area contributed by atoms with Crippen LogP contribution in [0.15, 0.2) is 140 Å². The van der Waals surface area contributed by atoms with Crippen molar-refractivity contribution in [3.8, 4) is 11.1 Å². The molecule has 0 saturated heterocycles. The SMILES string of the molecule is COC(=O)c1ccc(-c2ccc(CP(Br)(c3ccccc3)(c3ccccc3)c3ccccc3)cc2)cc1. The van der Waals surface area contributed by atoms with Gasteiger partial charge in [-0.3, -0.25) is 0 Å². The van der Waals surface area contributed by atoms with Gasteiger partial charge in [-0.05, 0) is 0 Å². The van der Waals surface area contributed by atoms with Crippen LogP contribution in [0.1, 0.15) is 15.9 Å². The van der Waals surface area contributed by atoms with Crippen LogP contribution in [-0.2, 0) is 10.9 Å². The summed E-state index contributed by atoms with van der Waals surface area (Å²) < 4.78 is 4.82. The molecule has 0 amide bonds. The van der Waals surface area contributed by atoms with Gasteiger partial charge in [-0.1, -0.05) is 0 Å². The van der Waals surface area contributed by atoms with Crippen LogP contribution in [0.4, 0.5) is 0 Å². The summed E-state index contributed by atoms with van der Waals surface area (Å²) in [5, 5.41) is 0.854. The molecule has 0 aliphatic heterocycles. The molecule has 0 aromatic heterocycles. The Labute approximate surface area is 226 Å². The Morgan fingerprint density at radius 3 is 1.35 bits per heavy atom. The first-order valence-electron chi connectivity index (χ1n) is 12.2. The van der Waals surface area contributed by atoms with E-state index in [-0.39, 0.29) is 5.97 Å². The van der Waals surface area contributed by atoms with Crippen LogP contribution in [0, 0.1) is 0 Å². The third-order valence-electron chi connectivity index (χ3n) is 6.96. The number of benzene rings is 5. The first-order valence-corrected chi connectivity index (χ1v) is 16.6. The molecule has 0 bridgehead atoms. The number of halogens is 1. The van der Waals surface area contributed by atoms with Crippen molar-refractivity contribution in [3.63, 3.8) is 0 Å². The van der Waals surface area contributed by atoms with Crippen LogP contribution in [0.25, 0.3) is 11.1 Å². The molecule has 5 aromatic rings. The minimum atomic E-state index is -3.04. The van der Waals surface area contributed by atoms with Crippen LogP contribution in [0.5, 0.6) is 0 Å². The maximum atomic E-state index is 11.8. The number of ether oxygens (including phenoxy) is 1. The zero-order chi connectivity index (χ0) is 25.7.